The first-order valence-electron chi connectivity index (χ1n) is 7.18. The van der Waals surface area contributed by atoms with Gasteiger partial charge < -0.3 is 29.4 Å². The van der Waals surface area contributed by atoms with Gasteiger partial charge in [-0.1, -0.05) is 6.08 Å². The number of aliphatic hydroxyl groups is 2. The molecule has 1 aromatic rings. The van der Waals surface area contributed by atoms with E-state index in [0.29, 0.717) is 0 Å². The van der Waals surface area contributed by atoms with Crippen molar-refractivity contribution < 1.29 is 38.5 Å². The minimum Gasteiger partial charge on any atom is -0.388 e. The van der Waals surface area contributed by atoms with Gasteiger partial charge in [0.05, 0.1) is 12.7 Å². The van der Waals surface area contributed by atoms with Crippen LogP contribution in [0, 0.1) is 0 Å². The van der Waals surface area contributed by atoms with Crippen molar-refractivity contribution in [1.82, 2.24) is 9.55 Å². The molecule has 0 aliphatic rings. The van der Waals surface area contributed by atoms with Gasteiger partial charge in [-0.15, -0.1) is 0 Å². The number of hydrogen-bond acceptors (Lipinski definition) is 7. The summed E-state index contributed by atoms with van der Waals surface area (Å²) in [6.07, 6.45) is -0.968. The van der Waals surface area contributed by atoms with Gasteiger partial charge in [0.15, 0.2) is 5.90 Å². The van der Waals surface area contributed by atoms with E-state index >= 15 is 0 Å². The van der Waals surface area contributed by atoms with E-state index in [-0.39, 0.29) is 5.57 Å². The van der Waals surface area contributed by atoms with Crippen molar-refractivity contribution in [3.8, 4) is 0 Å². The fraction of sp³-hybridized carbons (Fsp3) is 0.500. The first-order chi connectivity index (χ1) is 11.8. The maximum absolute atomic E-state index is 11.6. The van der Waals surface area contributed by atoms with E-state index in [1.54, 1.807) is 0 Å². The van der Waals surface area contributed by atoms with Gasteiger partial charge in [-0.2, -0.15) is 0 Å². The van der Waals surface area contributed by atoms with Gasteiger partial charge >= 0.3 is 20.9 Å². The minimum absolute atomic E-state index is 0.0431. The smallest absolute Gasteiger partial charge is 0.340 e. The Morgan fingerprint density at radius 1 is 1.31 bits per heavy atom. The zero-order valence-electron chi connectivity index (χ0n) is 13.6. The van der Waals surface area contributed by atoms with Crippen LogP contribution in [0.25, 0.3) is 0 Å². The number of aromatic nitrogens is 2. The Bertz CT molecular complexity index is 854. The summed E-state index contributed by atoms with van der Waals surface area (Å²) in [5, 5.41) is 20.1. The van der Waals surface area contributed by atoms with Crippen molar-refractivity contribution >= 4 is 15.2 Å². The number of nitrogens with one attached hydrogen (secondary N) is 1. The van der Waals surface area contributed by atoms with Crippen LogP contribution in [0.2, 0.25) is 0 Å². The highest BCUT2D eigenvalue weighted by atomic mass is 31.2. The number of aliphatic hydroxyl groups excluding tert-OH is 2. The van der Waals surface area contributed by atoms with E-state index in [9.17, 15) is 33.8 Å². The molecular formula is C12H20N2O10P2. The highest BCUT2D eigenvalue weighted by molar-refractivity contribution is 7.70. The van der Waals surface area contributed by atoms with E-state index in [1.165, 1.54) is 13.0 Å². The molecule has 0 spiro atoms. The lowest BCUT2D eigenvalue weighted by atomic mass is 10.1. The van der Waals surface area contributed by atoms with Gasteiger partial charge in [0.2, 0.25) is 0 Å². The molecule has 26 heavy (non-hydrogen) atoms. The van der Waals surface area contributed by atoms with Crippen LogP contribution in [-0.4, -0.2) is 53.1 Å². The van der Waals surface area contributed by atoms with Gasteiger partial charge in [-0.25, -0.2) is 4.79 Å². The average molecular weight is 414 g/mol. The Morgan fingerprint density at radius 3 is 2.42 bits per heavy atom. The van der Waals surface area contributed by atoms with E-state index in [1.807, 2.05) is 4.98 Å². The van der Waals surface area contributed by atoms with Crippen LogP contribution in [0.15, 0.2) is 33.5 Å². The Morgan fingerprint density at radius 2 is 1.92 bits per heavy atom. The summed E-state index contributed by atoms with van der Waals surface area (Å²) in [6.45, 7) is 0.838. The van der Waals surface area contributed by atoms with Crippen LogP contribution in [0.3, 0.4) is 0 Å². The standard InChI is InChI=1S/C12H20N2O10P2/c1-2-8(6-24-26(22,23)7-25(19,20)21)9(15)5-11(17)14-4-3-10(16)13-12(14)18/h2-4,9,11,15,17H,5-7H2,1H3,(H,22,23)(H,13,16,18)(H2,19,20,21)/b8-2-/t9-,11+/m0/s1. The number of allylic oxidation sites excluding steroid dienone is 1. The molecule has 12 nitrogen and oxygen atoms in total. The fourth-order valence-corrected chi connectivity index (χ4v) is 4.49. The van der Waals surface area contributed by atoms with Crippen LogP contribution in [-0.2, 0) is 13.7 Å². The summed E-state index contributed by atoms with van der Waals surface area (Å²) in [7, 11) is -9.38. The third-order valence-electron chi connectivity index (χ3n) is 3.20. The molecule has 0 aliphatic heterocycles. The summed E-state index contributed by atoms with van der Waals surface area (Å²) in [6, 6.07) is 1.00. The minimum atomic E-state index is -4.78. The van der Waals surface area contributed by atoms with Crippen LogP contribution in [0.5, 0.6) is 0 Å². The van der Waals surface area contributed by atoms with Crippen LogP contribution < -0.4 is 11.2 Å². The summed E-state index contributed by atoms with van der Waals surface area (Å²) in [5.41, 5.74) is -1.51. The number of hydrogen-bond donors (Lipinski definition) is 6. The Balaban J connectivity index is 2.76. The summed E-state index contributed by atoms with van der Waals surface area (Å²) in [4.78, 5) is 51.3. The van der Waals surface area contributed by atoms with Crippen molar-refractivity contribution in [3.63, 3.8) is 0 Å². The van der Waals surface area contributed by atoms with Crippen molar-refractivity contribution in [2.45, 2.75) is 25.7 Å². The first-order valence-corrected chi connectivity index (χ1v) is 10.7. The van der Waals surface area contributed by atoms with Crippen molar-refractivity contribution in [1.29, 1.82) is 0 Å². The summed E-state index contributed by atoms with van der Waals surface area (Å²) in [5.74, 6) is -1.37. The monoisotopic (exact) mass is 414 g/mol. The molecule has 0 saturated carbocycles. The highest BCUT2D eigenvalue weighted by Crippen LogP contribution is 2.55. The second kappa shape index (κ2) is 9.03. The van der Waals surface area contributed by atoms with Gasteiger partial charge in [-0.05, 0) is 12.5 Å². The second-order valence-electron chi connectivity index (χ2n) is 5.33. The van der Waals surface area contributed by atoms with Crippen molar-refractivity contribution in [2.24, 2.45) is 0 Å². The second-order valence-corrected chi connectivity index (χ2v) is 9.32. The quantitative estimate of drug-likeness (QED) is 0.216. The molecule has 148 valence electrons. The van der Waals surface area contributed by atoms with Gasteiger partial charge in [0.1, 0.15) is 6.23 Å². The number of aromatic amines is 1. The van der Waals surface area contributed by atoms with E-state index in [2.05, 4.69) is 4.52 Å². The summed E-state index contributed by atoms with van der Waals surface area (Å²) >= 11 is 0. The lowest BCUT2D eigenvalue weighted by Gasteiger charge is -2.21. The molecule has 1 unspecified atom stereocenters. The number of nitrogens with zero attached hydrogens (tertiary/aromatic N) is 1. The zero-order chi connectivity index (χ0) is 20.1. The maximum atomic E-state index is 11.6. The van der Waals surface area contributed by atoms with E-state index in [0.717, 1.165) is 16.8 Å². The molecule has 0 aromatic carbocycles. The maximum Gasteiger partial charge on any atom is 0.340 e. The topological polar surface area (TPSA) is 199 Å². The third kappa shape index (κ3) is 7.48. The van der Waals surface area contributed by atoms with E-state index < -0.39 is 57.7 Å². The molecule has 3 atom stereocenters. The Labute approximate surface area is 147 Å². The molecular weight excluding hydrogens is 394 g/mol. The predicted molar refractivity (Wildman–Crippen MR) is 89.6 cm³/mol. The van der Waals surface area contributed by atoms with Crippen LogP contribution >= 0.6 is 15.2 Å². The normalized spacial score (nSPS) is 17.5. The van der Waals surface area contributed by atoms with Crippen molar-refractivity contribution in [3.05, 3.63) is 44.8 Å². The zero-order valence-corrected chi connectivity index (χ0v) is 15.4. The molecule has 0 bridgehead atoms. The van der Waals surface area contributed by atoms with Crippen LogP contribution in [0.4, 0.5) is 0 Å². The molecule has 14 heteroatoms. The van der Waals surface area contributed by atoms with Gasteiger partial charge in [-0.3, -0.25) is 23.5 Å². The average Bonchev–Trinajstić information content (AvgIpc) is 2.44. The molecule has 1 aromatic heterocycles. The van der Waals surface area contributed by atoms with Gasteiger partial charge in [0.25, 0.3) is 5.56 Å². The lowest BCUT2D eigenvalue weighted by Crippen LogP contribution is -2.33. The fourth-order valence-electron chi connectivity index (χ4n) is 1.95. The van der Waals surface area contributed by atoms with E-state index in [4.69, 9.17) is 9.79 Å². The molecule has 1 rings (SSSR count). The first kappa shape index (κ1) is 22.7. The molecule has 0 radical (unpaired) electrons. The number of rotatable bonds is 9. The third-order valence-corrected chi connectivity index (χ3v) is 6.64. The Hall–Kier alpha value is -1.36. The molecule has 6 N–H and O–H groups in total. The van der Waals surface area contributed by atoms with Gasteiger partial charge in [0, 0.05) is 18.7 Å². The molecule has 0 saturated heterocycles. The van der Waals surface area contributed by atoms with Crippen molar-refractivity contribution in [2.75, 3.05) is 12.5 Å². The number of H-pyrrole nitrogens is 1. The molecule has 0 amide bonds. The molecule has 0 aliphatic carbocycles. The highest BCUT2D eigenvalue weighted by Gasteiger charge is 2.31. The summed E-state index contributed by atoms with van der Waals surface area (Å²) < 4.78 is 27.7. The SMILES string of the molecule is C/C=C(/COP(=O)(O)CP(=O)(O)O)[C@@H](O)C[C@@H](O)n1ccc(=O)[nH]c1=O. The molecule has 0 fully saturated rings. The Kier molecular flexibility index (Phi) is 7.87. The predicted octanol–water partition coefficient (Wildman–Crippen LogP) is -0.938. The van der Waals surface area contributed by atoms with Crippen LogP contribution in [0.1, 0.15) is 19.6 Å². The largest absolute Gasteiger partial charge is 0.388 e. The lowest BCUT2D eigenvalue weighted by molar-refractivity contribution is 0.0424. The molecule has 1 heterocycles.